The van der Waals surface area contributed by atoms with Crippen molar-refractivity contribution in [1.82, 2.24) is 19.6 Å². The highest BCUT2D eigenvalue weighted by Crippen LogP contribution is 2.45. The topological polar surface area (TPSA) is 138 Å². The van der Waals surface area contributed by atoms with Crippen molar-refractivity contribution in [3.8, 4) is 11.5 Å². The summed E-state index contributed by atoms with van der Waals surface area (Å²) in [5, 5.41) is 16.0. The number of carbonyl (C=O) groups excluding carboxylic acids is 1. The fourth-order valence-electron chi connectivity index (χ4n) is 8.52. The van der Waals surface area contributed by atoms with Crippen molar-refractivity contribution in [3.05, 3.63) is 117 Å². The molecule has 0 radical (unpaired) electrons. The summed E-state index contributed by atoms with van der Waals surface area (Å²) in [7, 11) is 0. The number of halogens is 3. The standard InChI is InChI=1S/C46H50F3N7O5S/c1-29-20-33(46(47,48)49)4-7-37(29)39-24-45(2,3)13-10-32(39)27-54-15-17-55(18-16-54)34-5-8-38(42(22-34)61-35-21-31-11-14-50-43(31)52-26-35)44(57)53-62-36-6-9-40(41(23-36)56(58)59)51-25-30-12-19-60-28-30/h4-9,11,14,20-23,26,30,51H,10,12-13,15-19,24-25,27-28H2,1-3H3,(H,50,52)(H,53,57). The molecule has 12 nitrogen and oxygen atoms in total. The van der Waals surface area contributed by atoms with Crippen molar-refractivity contribution in [3.63, 3.8) is 0 Å². The van der Waals surface area contributed by atoms with E-state index in [4.69, 9.17) is 9.47 Å². The molecule has 2 saturated heterocycles. The van der Waals surface area contributed by atoms with E-state index in [-0.39, 0.29) is 22.6 Å². The number of anilines is 2. The third-order valence-corrected chi connectivity index (χ3v) is 12.8. The summed E-state index contributed by atoms with van der Waals surface area (Å²) in [5.74, 6) is 0.628. The van der Waals surface area contributed by atoms with Gasteiger partial charge in [0.05, 0.1) is 28.9 Å². The molecule has 2 fully saturated rings. The largest absolute Gasteiger partial charge is 0.455 e. The van der Waals surface area contributed by atoms with Crippen LogP contribution in [0.1, 0.15) is 66.6 Å². The Labute approximate surface area is 362 Å². The number of carbonyl (C=O) groups is 1. The van der Waals surface area contributed by atoms with Crippen molar-refractivity contribution in [2.24, 2.45) is 11.3 Å². The minimum atomic E-state index is -4.39. The summed E-state index contributed by atoms with van der Waals surface area (Å²) in [4.78, 5) is 38.1. The Hall–Kier alpha value is -5.58. The second-order valence-corrected chi connectivity index (χ2v) is 18.0. The summed E-state index contributed by atoms with van der Waals surface area (Å²) in [6.45, 7) is 11.8. The second kappa shape index (κ2) is 18.0. The van der Waals surface area contributed by atoms with E-state index in [1.54, 1.807) is 43.6 Å². The number of hydrogen-bond donors (Lipinski definition) is 3. The van der Waals surface area contributed by atoms with Gasteiger partial charge in [-0.25, -0.2) is 4.98 Å². The number of aromatic nitrogens is 2. The number of aryl methyl sites for hydroxylation is 1. The van der Waals surface area contributed by atoms with Crippen LogP contribution in [0.2, 0.25) is 0 Å². The molecule has 3 aromatic carbocycles. The van der Waals surface area contributed by atoms with E-state index < -0.39 is 22.6 Å². The maximum absolute atomic E-state index is 13.8. The number of nitro groups is 1. The minimum Gasteiger partial charge on any atom is -0.455 e. The first-order chi connectivity index (χ1) is 29.7. The number of hydrogen-bond acceptors (Lipinski definition) is 10. The van der Waals surface area contributed by atoms with E-state index in [1.807, 2.05) is 24.3 Å². The van der Waals surface area contributed by atoms with E-state index in [1.165, 1.54) is 23.8 Å². The maximum atomic E-state index is 13.8. The Bertz CT molecular complexity index is 2490. The lowest BCUT2D eigenvalue weighted by molar-refractivity contribution is -0.384. The quantitative estimate of drug-likeness (QED) is 0.0596. The summed E-state index contributed by atoms with van der Waals surface area (Å²) < 4.78 is 55.3. The van der Waals surface area contributed by atoms with Gasteiger partial charge >= 0.3 is 6.18 Å². The number of amides is 1. The van der Waals surface area contributed by atoms with Gasteiger partial charge < -0.3 is 24.7 Å². The molecular weight excluding hydrogens is 820 g/mol. The van der Waals surface area contributed by atoms with Crippen LogP contribution in [0.4, 0.5) is 30.2 Å². The van der Waals surface area contributed by atoms with Crippen LogP contribution in [0.5, 0.6) is 11.5 Å². The summed E-state index contributed by atoms with van der Waals surface area (Å²) in [5.41, 5.74) is 5.60. The number of benzene rings is 3. The smallest absolute Gasteiger partial charge is 0.416 e. The number of aromatic amines is 1. The van der Waals surface area contributed by atoms with Gasteiger partial charge in [-0.1, -0.05) is 25.5 Å². The van der Waals surface area contributed by atoms with E-state index in [2.05, 4.69) is 43.7 Å². The Morgan fingerprint density at radius 3 is 2.65 bits per heavy atom. The first-order valence-corrected chi connectivity index (χ1v) is 21.7. The molecule has 16 heteroatoms. The molecule has 0 spiro atoms. The van der Waals surface area contributed by atoms with E-state index in [9.17, 15) is 28.1 Å². The lowest BCUT2D eigenvalue weighted by Crippen LogP contribution is -2.47. The van der Waals surface area contributed by atoms with Crippen LogP contribution in [0.3, 0.4) is 0 Å². The Morgan fingerprint density at radius 1 is 1.08 bits per heavy atom. The monoisotopic (exact) mass is 869 g/mol. The summed E-state index contributed by atoms with van der Waals surface area (Å²) in [6.07, 6.45) is 2.61. The molecule has 1 aliphatic carbocycles. The van der Waals surface area contributed by atoms with Crippen molar-refractivity contribution >= 4 is 51.5 Å². The molecule has 1 amide bonds. The normalized spacial score (nSPS) is 18.3. The number of piperazine rings is 1. The van der Waals surface area contributed by atoms with Gasteiger partial charge in [-0.3, -0.25) is 24.5 Å². The lowest BCUT2D eigenvalue weighted by atomic mass is 9.72. The Kier molecular flexibility index (Phi) is 12.5. The molecule has 0 bridgehead atoms. The fourth-order valence-corrected chi connectivity index (χ4v) is 9.15. The molecule has 1 atom stereocenters. The second-order valence-electron chi connectivity index (χ2n) is 17.2. The van der Waals surface area contributed by atoms with E-state index in [0.717, 1.165) is 79.5 Å². The third-order valence-electron chi connectivity index (χ3n) is 12.1. The number of nitrogens with one attached hydrogen (secondary N) is 3. The minimum absolute atomic E-state index is 0.0480. The van der Waals surface area contributed by atoms with E-state index >= 15 is 0 Å². The van der Waals surface area contributed by atoms with Crippen LogP contribution >= 0.6 is 11.9 Å². The SMILES string of the molecule is Cc1cc(C(F)(F)F)ccc1C1=C(CN2CCN(c3ccc(C(=O)NSc4ccc(NCC5CCOC5)c([N+](=O)[O-])c4)c(Oc4cnc5[nH]ccc5c4)c3)CC2)CCC(C)(C)C1. The number of alkyl halides is 3. The number of ether oxygens (including phenoxy) is 2. The Morgan fingerprint density at radius 2 is 1.90 bits per heavy atom. The van der Waals surface area contributed by atoms with Crippen LogP contribution in [-0.4, -0.2) is 78.2 Å². The van der Waals surface area contributed by atoms with Gasteiger partial charge in [0.1, 0.15) is 22.8 Å². The van der Waals surface area contributed by atoms with Gasteiger partial charge in [0.2, 0.25) is 0 Å². The first kappa shape index (κ1) is 43.1. The number of allylic oxidation sites excluding steroid dienone is 1. The van der Waals surface area contributed by atoms with Crippen LogP contribution in [0.15, 0.2) is 89.6 Å². The zero-order valence-corrected chi connectivity index (χ0v) is 35.8. The molecule has 326 valence electrons. The number of pyridine rings is 1. The Balaban J connectivity index is 0.978. The molecule has 5 aromatic rings. The lowest BCUT2D eigenvalue weighted by Gasteiger charge is -2.39. The molecule has 62 heavy (non-hydrogen) atoms. The van der Waals surface area contributed by atoms with Gasteiger partial charge in [0.25, 0.3) is 11.6 Å². The predicted octanol–water partition coefficient (Wildman–Crippen LogP) is 10.3. The molecule has 2 aliphatic heterocycles. The third kappa shape index (κ3) is 10.0. The molecule has 2 aromatic heterocycles. The molecule has 4 heterocycles. The van der Waals surface area contributed by atoms with Crippen LogP contribution < -0.4 is 19.7 Å². The average Bonchev–Trinajstić information content (AvgIpc) is 3.95. The number of nitrogens with zero attached hydrogens (tertiary/aromatic N) is 4. The van der Waals surface area contributed by atoms with Crippen molar-refractivity contribution in [1.29, 1.82) is 0 Å². The van der Waals surface area contributed by atoms with Crippen LogP contribution in [-0.2, 0) is 10.9 Å². The summed E-state index contributed by atoms with van der Waals surface area (Å²) >= 11 is 0.984. The molecule has 0 saturated carbocycles. The molecule has 1 unspecified atom stereocenters. The number of rotatable bonds is 13. The maximum Gasteiger partial charge on any atom is 0.416 e. The highest BCUT2D eigenvalue weighted by Gasteiger charge is 2.33. The zero-order valence-electron chi connectivity index (χ0n) is 34.9. The van der Waals surface area contributed by atoms with Crippen molar-refractivity contribution in [2.45, 2.75) is 57.5 Å². The van der Waals surface area contributed by atoms with E-state index in [0.29, 0.717) is 66.1 Å². The van der Waals surface area contributed by atoms with Crippen molar-refractivity contribution in [2.75, 3.05) is 62.7 Å². The summed E-state index contributed by atoms with van der Waals surface area (Å²) in [6, 6.07) is 18.1. The van der Waals surface area contributed by atoms with Crippen LogP contribution in [0, 0.1) is 28.4 Å². The average molecular weight is 870 g/mol. The van der Waals surface area contributed by atoms with Gasteiger partial charge in [0, 0.05) is 86.1 Å². The fraction of sp³-hybridized carbons (Fsp3) is 0.391. The highest BCUT2D eigenvalue weighted by atomic mass is 32.2. The van der Waals surface area contributed by atoms with Gasteiger partial charge in [-0.05, 0) is 115 Å². The predicted molar refractivity (Wildman–Crippen MR) is 236 cm³/mol. The van der Waals surface area contributed by atoms with Crippen LogP contribution in [0.25, 0.3) is 16.6 Å². The number of H-pyrrole nitrogens is 1. The highest BCUT2D eigenvalue weighted by molar-refractivity contribution is 7.98. The molecule has 8 rings (SSSR count). The van der Waals surface area contributed by atoms with Gasteiger partial charge in [-0.2, -0.15) is 13.2 Å². The molecular formula is C46H50F3N7O5S. The van der Waals surface area contributed by atoms with Gasteiger partial charge in [0.15, 0.2) is 0 Å². The number of nitro benzene ring substituents is 1. The number of fused-ring (bicyclic) bond motifs is 1. The molecule has 3 N–H and O–H groups in total. The van der Waals surface area contributed by atoms with Crippen molar-refractivity contribution < 1.29 is 32.4 Å². The van der Waals surface area contributed by atoms with Gasteiger partial charge in [-0.15, -0.1) is 0 Å². The zero-order chi connectivity index (χ0) is 43.6. The molecule has 3 aliphatic rings. The first-order valence-electron chi connectivity index (χ1n) is 20.9.